The summed E-state index contributed by atoms with van der Waals surface area (Å²) < 4.78 is 5.45. The molecule has 0 aliphatic rings. The minimum absolute atomic E-state index is 0. The second kappa shape index (κ2) is 18.0. The summed E-state index contributed by atoms with van der Waals surface area (Å²) in [6.45, 7) is 20.9. The molecule has 1 heterocycles. The quantitative estimate of drug-likeness (QED) is 0.368. The molecule has 3 nitrogen and oxygen atoms in total. The maximum Gasteiger partial charge on any atom is 0.0705 e. The highest BCUT2D eigenvalue weighted by Gasteiger charge is 2.17. The summed E-state index contributed by atoms with van der Waals surface area (Å²) in [6.07, 6.45) is 4.27. The van der Waals surface area contributed by atoms with Crippen molar-refractivity contribution in [2.75, 3.05) is 12.8 Å². The van der Waals surface area contributed by atoms with Gasteiger partial charge in [0, 0.05) is 23.9 Å². The molecule has 3 aromatic rings. The van der Waals surface area contributed by atoms with Crippen molar-refractivity contribution in [3.8, 4) is 0 Å². The van der Waals surface area contributed by atoms with E-state index in [4.69, 9.17) is 10.5 Å². The van der Waals surface area contributed by atoms with Gasteiger partial charge in [-0.25, -0.2) is 0 Å². The van der Waals surface area contributed by atoms with E-state index in [2.05, 4.69) is 90.7 Å². The van der Waals surface area contributed by atoms with Crippen molar-refractivity contribution in [2.24, 2.45) is 0 Å². The molecule has 2 aromatic carbocycles. The third-order valence-electron chi connectivity index (χ3n) is 5.84. The number of anilines is 1. The summed E-state index contributed by atoms with van der Waals surface area (Å²) in [5.74, 6) is 0. The molecule has 3 heteroatoms. The van der Waals surface area contributed by atoms with Crippen LogP contribution >= 0.6 is 0 Å². The Morgan fingerprint density at radius 1 is 0.914 bits per heavy atom. The number of hydrogen-bond acceptors (Lipinski definition) is 3. The van der Waals surface area contributed by atoms with Gasteiger partial charge in [-0.1, -0.05) is 78.8 Å². The van der Waals surface area contributed by atoms with Crippen LogP contribution < -0.4 is 5.73 Å². The Morgan fingerprint density at radius 3 is 2.03 bits per heavy atom. The Morgan fingerprint density at radius 2 is 1.49 bits per heavy atom. The first kappa shape index (κ1) is 34.8. The first-order valence-electron chi connectivity index (χ1n) is 12.8. The lowest BCUT2D eigenvalue weighted by Crippen LogP contribution is -2.23. The number of nitrogens with two attached hydrogens (primary N) is 1. The average molecular weight is 483 g/mol. The first-order chi connectivity index (χ1) is 16.1. The van der Waals surface area contributed by atoms with Crippen LogP contribution in [0.3, 0.4) is 0 Å². The molecule has 198 valence electrons. The van der Waals surface area contributed by atoms with Crippen LogP contribution in [0.25, 0.3) is 10.9 Å². The third-order valence-corrected chi connectivity index (χ3v) is 5.84. The predicted molar refractivity (Wildman–Crippen MR) is 160 cm³/mol. The fourth-order valence-corrected chi connectivity index (χ4v) is 3.25. The number of nitrogen functional groups attached to an aromatic ring is 1. The number of pyridine rings is 1. The number of ether oxygens (including phenoxy) is 1. The van der Waals surface area contributed by atoms with Gasteiger partial charge < -0.3 is 10.5 Å². The largest absolute Gasteiger partial charge is 0.398 e. The van der Waals surface area contributed by atoms with Crippen LogP contribution in [0.5, 0.6) is 0 Å². The van der Waals surface area contributed by atoms with Gasteiger partial charge in [-0.3, -0.25) is 4.98 Å². The Labute approximate surface area is 217 Å². The maximum absolute atomic E-state index is 6.12. The van der Waals surface area contributed by atoms with Crippen molar-refractivity contribution in [2.45, 2.75) is 108 Å². The van der Waals surface area contributed by atoms with E-state index >= 15 is 0 Å². The molecule has 0 saturated carbocycles. The molecule has 0 atom stereocenters. The lowest BCUT2D eigenvalue weighted by molar-refractivity contribution is 0.0157. The van der Waals surface area contributed by atoms with Gasteiger partial charge in [0.25, 0.3) is 0 Å². The van der Waals surface area contributed by atoms with Gasteiger partial charge in [-0.05, 0) is 88.3 Å². The molecule has 0 aliphatic heterocycles. The average Bonchev–Trinajstić information content (AvgIpc) is 2.86. The number of rotatable bonds is 5. The number of nitrogens with zero attached hydrogens (tertiary/aromatic N) is 1. The molecule has 0 amide bonds. The Balaban J connectivity index is 0. The van der Waals surface area contributed by atoms with Crippen LogP contribution in [0, 0.1) is 20.8 Å². The van der Waals surface area contributed by atoms with E-state index in [0.717, 1.165) is 36.2 Å². The zero-order chi connectivity index (χ0) is 26.3. The predicted octanol–water partition coefficient (Wildman–Crippen LogP) is 9.43. The lowest BCUT2D eigenvalue weighted by atomic mass is 9.92. The Kier molecular flexibility index (Phi) is 17.8. The van der Waals surface area contributed by atoms with Gasteiger partial charge >= 0.3 is 0 Å². The van der Waals surface area contributed by atoms with Crippen molar-refractivity contribution in [1.82, 2.24) is 4.98 Å². The zero-order valence-corrected chi connectivity index (χ0v) is 23.8. The van der Waals surface area contributed by atoms with E-state index < -0.39 is 0 Å². The highest BCUT2D eigenvalue weighted by molar-refractivity contribution is 5.78. The molecule has 0 radical (unpaired) electrons. The zero-order valence-electron chi connectivity index (χ0n) is 23.8. The van der Waals surface area contributed by atoms with Crippen molar-refractivity contribution in [3.63, 3.8) is 0 Å². The second-order valence-electron chi connectivity index (χ2n) is 9.04. The number of fused-ring (bicyclic) bond motifs is 1. The summed E-state index contributed by atoms with van der Waals surface area (Å²) in [4.78, 5) is 4.49. The number of aryl methyl sites for hydroxylation is 3. The van der Waals surface area contributed by atoms with Crippen molar-refractivity contribution in [1.29, 1.82) is 0 Å². The molecule has 0 unspecified atom stereocenters. The molecule has 0 bridgehead atoms. The van der Waals surface area contributed by atoms with E-state index in [-0.39, 0.29) is 13.0 Å². The molecule has 35 heavy (non-hydrogen) atoms. The van der Waals surface area contributed by atoms with Gasteiger partial charge in [0.05, 0.1) is 11.1 Å². The van der Waals surface area contributed by atoms with Crippen molar-refractivity contribution >= 4 is 16.6 Å². The minimum atomic E-state index is -0.0695. The fraction of sp³-hybridized carbons (Fsp3) is 0.531. The van der Waals surface area contributed by atoms with Gasteiger partial charge in [-0.15, -0.1) is 0 Å². The van der Waals surface area contributed by atoms with Crippen LogP contribution in [-0.2, 0) is 17.6 Å². The monoisotopic (exact) mass is 482 g/mol. The van der Waals surface area contributed by atoms with E-state index in [0.29, 0.717) is 0 Å². The molecular formula is C32H54N2O. The number of benzene rings is 2. The van der Waals surface area contributed by atoms with Crippen LogP contribution in [-0.4, -0.2) is 17.7 Å². The normalized spacial score (nSPS) is 10.0. The van der Waals surface area contributed by atoms with Crippen molar-refractivity contribution in [3.05, 3.63) is 70.4 Å². The van der Waals surface area contributed by atoms with Crippen LogP contribution in [0.4, 0.5) is 5.69 Å². The van der Waals surface area contributed by atoms with Crippen LogP contribution in [0.15, 0.2) is 42.5 Å². The molecular weight excluding hydrogens is 428 g/mol. The second-order valence-corrected chi connectivity index (χ2v) is 9.04. The molecule has 2 N–H and O–H groups in total. The third kappa shape index (κ3) is 11.7. The topological polar surface area (TPSA) is 48.1 Å². The summed E-state index contributed by atoms with van der Waals surface area (Å²) in [5, 5.41) is 1.22. The van der Waals surface area contributed by atoms with Gasteiger partial charge in [0.1, 0.15) is 0 Å². The minimum Gasteiger partial charge on any atom is -0.398 e. The summed E-state index contributed by atoms with van der Waals surface area (Å²) >= 11 is 0. The molecule has 1 aromatic heterocycles. The highest BCUT2D eigenvalue weighted by atomic mass is 16.5. The van der Waals surface area contributed by atoms with E-state index in [9.17, 15) is 0 Å². The summed E-state index contributed by atoms with van der Waals surface area (Å²) in [7, 11) is 1.77. The Hall–Kier alpha value is -2.39. The molecule has 0 fully saturated rings. The highest BCUT2D eigenvalue weighted by Crippen LogP contribution is 2.27. The maximum atomic E-state index is 6.12. The Bertz CT molecular complexity index is 977. The van der Waals surface area contributed by atoms with E-state index in [1.165, 1.54) is 34.1 Å². The number of hydrogen-bond donors (Lipinski definition) is 1. The molecule has 0 spiro atoms. The number of methoxy groups -OCH3 is 1. The van der Waals surface area contributed by atoms with E-state index in [1.807, 2.05) is 26.0 Å². The van der Waals surface area contributed by atoms with Gasteiger partial charge in [0.15, 0.2) is 0 Å². The molecule has 3 rings (SSSR count). The molecule has 0 aliphatic carbocycles. The fourth-order valence-electron chi connectivity index (χ4n) is 3.25. The van der Waals surface area contributed by atoms with Crippen molar-refractivity contribution < 1.29 is 4.74 Å². The number of aromatic nitrogens is 1. The molecule has 0 saturated heterocycles. The van der Waals surface area contributed by atoms with Crippen LogP contribution in [0.1, 0.15) is 96.7 Å². The van der Waals surface area contributed by atoms with E-state index in [1.54, 1.807) is 7.11 Å². The SMILES string of the molecule is C.CC.CCC.CCc1ccc2ccccc2n1.COC(C)(C)CCc1cc(C)c(C)c(N)c1C. The summed E-state index contributed by atoms with van der Waals surface area (Å²) in [6, 6.07) is 14.7. The number of para-hydroxylation sites is 1. The smallest absolute Gasteiger partial charge is 0.0705 e. The first-order valence-corrected chi connectivity index (χ1v) is 12.8. The van der Waals surface area contributed by atoms with Gasteiger partial charge in [0.2, 0.25) is 0 Å². The van der Waals surface area contributed by atoms with Crippen LogP contribution in [0.2, 0.25) is 0 Å². The summed E-state index contributed by atoms with van der Waals surface area (Å²) in [5.41, 5.74) is 14.3. The lowest BCUT2D eigenvalue weighted by Gasteiger charge is -2.23. The standard InChI is InChI=1S/C15H25NO.C11H11N.C3H8.C2H6.CH4/c1-10-9-13(7-8-15(4,5)17-6)12(3)14(16)11(10)2;1-2-10-8-7-9-5-3-4-6-11(9)12-10;1-3-2;1-2;/h9H,7-8,16H2,1-6H3;3-8H,2H2,1H3;3H2,1-2H3;1-2H3;1H4. The van der Waals surface area contributed by atoms with Gasteiger partial charge in [-0.2, -0.15) is 0 Å².